The van der Waals surface area contributed by atoms with E-state index in [-0.39, 0.29) is 6.10 Å². The van der Waals surface area contributed by atoms with Gasteiger partial charge in [-0.1, -0.05) is 25.1 Å². The minimum absolute atomic E-state index is 0.279. The summed E-state index contributed by atoms with van der Waals surface area (Å²) in [6.07, 6.45) is 5.88. The lowest BCUT2D eigenvalue weighted by molar-refractivity contribution is 0.00370. The highest BCUT2D eigenvalue weighted by Gasteiger charge is 2.34. The highest BCUT2D eigenvalue weighted by molar-refractivity contribution is 5.67. The van der Waals surface area contributed by atoms with Crippen LogP contribution in [0, 0.1) is 12.3 Å². The number of aromatic nitrogens is 3. The number of nitrogens with zero attached hydrogens (tertiary/aromatic N) is 4. The van der Waals surface area contributed by atoms with Gasteiger partial charge in [0.15, 0.2) is 0 Å². The van der Waals surface area contributed by atoms with Crippen molar-refractivity contribution >= 4 is 5.69 Å². The standard InChI is InChI=1S/C20H28N4O/c1-15-10-16(23-13-20(2,3)14-23)7-8-18(15)19-12-24(22-21-19)11-17-6-4-5-9-25-17/h7-8,10,12,17H,4-6,9,11,13-14H2,1-3H3/t17-/m1/s1. The Balaban J connectivity index is 1.46. The minimum Gasteiger partial charge on any atom is -0.376 e. The second kappa shape index (κ2) is 6.45. The molecule has 4 rings (SSSR count). The lowest BCUT2D eigenvalue weighted by atomic mass is 9.84. The molecule has 3 heterocycles. The second-order valence-corrected chi connectivity index (χ2v) is 8.33. The van der Waals surface area contributed by atoms with E-state index in [0.717, 1.165) is 38.4 Å². The third kappa shape index (κ3) is 3.56. The average Bonchev–Trinajstić information content (AvgIpc) is 3.01. The molecule has 1 aromatic carbocycles. The molecular weight excluding hydrogens is 312 g/mol. The second-order valence-electron chi connectivity index (χ2n) is 8.33. The van der Waals surface area contributed by atoms with E-state index in [1.54, 1.807) is 0 Å². The molecule has 0 N–H and O–H groups in total. The first-order valence-corrected chi connectivity index (χ1v) is 9.38. The fraction of sp³-hybridized carbons (Fsp3) is 0.600. The SMILES string of the molecule is Cc1cc(N2CC(C)(C)C2)ccc1-c1cn(C[C@H]2CCCCO2)nn1. The molecular formula is C20H28N4O. The van der Waals surface area contributed by atoms with Crippen LogP contribution in [0.3, 0.4) is 0 Å². The zero-order chi connectivity index (χ0) is 17.4. The van der Waals surface area contributed by atoms with Crippen molar-refractivity contribution in [3.63, 3.8) is 0 Å². The number of ether oxygens (including phenoxy) is 1. The van der Waals surface area contributed by atoms with E-state index in [1.165, 1.54) is 29.7 Å². The number of rotatable bonds is 4. The molecule has 2 fully saturated rings. The molecule has 2 aliphatic rings. The lowest BCUT2D eigenvalue weighted by Crippen LogP contribution is -2.53. The van der Waals surface area contributed by atoms with Gasteiger partial charge in [0.05, 0.1) is 18.8 Å². The zero-order valence-corrected chi connectivity index (χ0v) is 15.5. The van der Waals surface area contributed by atoms with Crippen molar-refractivity contribution in [2.75, 3.05) is 24.6 Å². The van der Waals surface area contributed by atoms with Crippen LogP contribution < -0.4 is 4.90 Å². The van der Waals surface area contributed by atoms with E-state index >= 15 is 0 Å². The largest absolute Gasteiger partial charge is 0.376 e. The fourth-order valence-corrected chi connectivity index (χ4v) is 3.97. The van der Waals surface area contributed by atoms with Crippen LogP contribution in [-0.4, -0.2) is 40.8 Å². The van der Waals surface area contributed by atoms with Crippen molar-refractivity contribution < 1.29 is 4.74 Å². The fourth-order valence-electron chi connectivity index (χ4n) is 3.97. The van der Waals surface area contributed by atoms with E-state index < -0.39 is 0 Å². The Labute approximate surface area is 150 Å². The first-order valence-electron chi connectivity index (χ1n) is 9.38. The van der Waals surface area contributed by atoms with Crippen LogP contribution in [-0.2, 0) is 11.3 Å². The third-order valence-electron chi connectivity index (χ3n) is 5.29. The number of hydrogen-bond donors (Lipinski definition) is 0. The van der Waals surface area contributed by atoms with Crippen LogP contribution >= 0.6 is 0 Å². The topological polar surface area (TPSA) is 43.2 Å². The van der Waals surface area contributed by atoms with E-state index in [2.05, 4.69) is 54.2 Å². The Morgan fingerprint density at radius 1 is 1.24 bits per heavy atom. The van der Waals surface area contributed by atoms with Crippen LogP contribution in [0.15, 0.2) is 24.4 Å². The minimum atomic E-state index is 0.279. The third-order valence-corrected chi connectivity index (χ3v) is 5.29. The molecule has 0 bridgehead atoms. The van der Waals surface area contributed by atoms with E-state index in [1.807, 2.05) is 10.9 Å². The number of anilines is 1. The van der Waals surface area contributed by atoms with E-state index in [4.69, 9.17) is 4.74 Å². The molecule has 5 nitrogen and oxygen atoms in total. The molecule has 0 aliphatic carbocycles. The van der Waals surface area contributed by atoms with Gasteiger partial charge in [-0.2, -0.15) is 0 Å². The van der Waals surface area contributed by atoms with Crippen molar-refractivity contribution in [3.8, 4) is 11.3 Å². The molecule has 0 unspecified atom stereocenters. The van der Waals surface area contributed by atoms with Crippen molar-refractivity contribution in [1.82, 2.24) is 15.0 Å². The maximum atomic E-state index is 5.80. The summed E-state index contributed by atoms with van der Waals surface area (Å²) in [6, 6.07) is 6.66. The van der Waals surface area contributed by atoms with Crippen LogP contribution in [0.25, 0.3) is 11.3 Å². The van der Waals surface area contributed by atoms with Crippen LogP contribution in [0.2, 0.25) is 0 Å². The number of aryl methyl sites for hydroxylation is 1. The summed E-state index contributed by atoms with van der Waals surface area (Å²) in [7, 11) is 0. The quantitative estimate of drug-likeness (QED) is 0.852. The van der Waals surface area contributed by atoms with Gasteiger partial charge in [0.1, 0.15) is 5.69 Å². The summed E-state index contributed by atoms with van der Waals surface area (Å²) < 4.78 is 7.73. The lowest BCUT2D eigenvalue weighted by Gasteiger charge is -2.47. The van der Waals surface area contributed by atoms with Crippen LogP contribution in [0.5, 0.6) is 0 Å². The van der Waals surface area contributed by atoms with Gasteiger partial charge < -0.3 is 9.64 Å². The molecule has 0 amide bonds. The van der Waals surface area contributed by atoms with Gasteiger partial charge in [0.2, 0.25) is 0 Å². The monoisotopic (exact) mass is 340 g/mol. The summed E-state index contributed by atoms with van der Waals surface area (Å²) in [6.45, 7) is 10.7. The Bertz CT molecular complexity index is 738. The smallest absolute Gasteiger partial charge is 0.113 e. The van der Waals surface area contributed by atoms with Crippen molar-refractivity contribution in [1.29, 1.82) is 0 Å². The molecule has 1 aromatic heterocycles. The molecule has 5 heteroatoms. The van der Waals surface area contributed by atoms with Gasteiger partial charge in [-0.25, -0.2) is 4.68 Å². The van der Waals surface area contributed by atoms with Gasteiger partial charge in [0.25, 0.3) is 0 Å². The molecule has 1 atom stereocenters. The number of benzene rings is 1. The summed E-state index contributed by atoms with van der Waals surface area (Å²) >= 11 is 0. The van der Waals surface area contributed by atoms with Crippen molar-refractivity contribution in [2.24, 2.45) is 5.41 Å². The molecule has 134 valence electrons. The first-order chi connectivity index (χ1) is 12.0. The summed E-state index contributed by atoms with van der Waals surface area (Å²) in [4.78, 5) is 2.44. The Morgan fingerprint density at radius 2 is 2.08 bits per heavy atom. The van der Waals surface area contributed by atoms with Crippen molar-refractivity contribution in [2.45, 2.75) is 52.7 Å². The molecule has 25 heavy (non-hydrogen) atoms. The maximum Gasteiger partial charge on any atom is 0.113 e. The molecule has 2 saturated heterocycles. The molecule has 0 spiro atoms. The zero-order valence-electron chi connectivity index (χ0n) is 15.5. The van der Waals surface area contributed by atoms with Gasteiger partial charge in [0, 0.05) is 30.9 Å². The van der Waals surface area contributed by atoms with Gasteiger partial charge in [-0.15, -0.1) is 5.10 Å². The Morgan fingerprint density at radius 3 is 2.76 bits per heavy atom. The molecule has 2 aromatic rings. The normalized spacial score (nSPS) is 22.7. The van der Waals surface area contributed by atoms with Gasteiger partial charge in [-0.3, -0.25) is 0 Å². The predicted molar refractivity (Wildman–Crippen MR) is 99.8 cm³/mol. The van der Waals surface area contributed by atoms with Crippen LogP contribution in [0.4, 0.5) is 5.69 Å². The summed E-state index contributed by atoms with van der Waals surface area (Å²) in [5, 5.41) is 8.70. The van der Waals surface area contributed by atoms with E-state index in [9.17, 15) is 0 Å². The summed E-state index contributed by atoms with van der Waals surface area (Å²) in [5.41, 5.74) is 5.12. The van der Waals surface area contributed by atoms with E-state index in [0.29, 0.717) is 5.41 Å². The predicted octanol–water partition coefficient (Wildman–Crippen LogP) is 3.67. The Hall–Kier alpha value is -1.88. The maximum absolute atomic E-state index is 5.80. The number of hydrogen-bond acceptors (Lipinski definition) is 4. The van der Waals surface area contributed by atoms with Gasteiger partial charge >= 0.3 is 0 Å². The molecule has 0 saturated carbocycles. The van der Waals surface area contributed by atoms with Crippen LogP contribution in [0.1, 0.15) is 38.7 Å². The van der Waals surface area contributed by atoms with Gasteiger partial charge in [-0.05, 0) is 49.3 Å². The molecule has 2 aliphatic heterocycles. The highest BCUT2D eigenvalue weighted by Crippen LogP contribution is 2.35. The first kappa shape index (κ1) is 16.6. The highest BCUT2D eigenvalue weighted by atomic mass is 16.5. The molecule has 0 radical (unpaired) electrons. The Kier molecular flexibility index (Phi) is 4.28. The average molecular weight is 340 g/mol. The van der Waals surface area contributed by atoms with Crippen molar-refractivity contribution in [3.05, 3.63) is 30.0 Å². The summed E-state index contributed by atoms with van der Waals surface area (Å²) in [5.74, 6) is 0.